The molecule has 0 saturated heterocycles. The summed E-state index contributed by atoms with van der Waals surface area (Å²) in [6.45, 7) is 1.85. The average molecular weight is 305 g/mol. The van der Waals surface area contributed by atoms with Gasteiger partial charge in [-0.1, -0.05) is 15.9 Å². The third-order valence-corrected chi connectivity index (χ3v) is 2.50. The summed E-state index contributed by atoms with van der Waals surface area (Å²) in [6.07, 6.45) is 0. The Bertz CT molecular complexity index is 453. The van der Waals surface area contributed by atoms with Crippen LogP contribution in [0.4, 0.5) is 0 Å². The topological polar surface area (TPSA) is 69.6 Å². The molecule has 1 heterocycles. The Balaban J connectivity index is 0.00000128. The van der Waals surface area contributed by atoms with Crippen LogP contribution in [0.25, 0.3) is 5.69 Å². The van der Waals surface area contributed by atoms with E-state index in [4.69, 9.17) is 5.73 Å². The lowest BCUT2D eigenvalue weighted by molar-refractivity contribution is 0.688. The predicted octanol–water partition coefficient (Wildman–Crippen LogP) is 1.87. The molecule has 0 aliphatic rings. The highest BCUT2D eigenvalue weighted by molar-refractivity contribution is 9.10. The Labute approximate surface area is 108 Å². The van der Waals surface area contributed by atoms with Crippen LogP contribution in [0.1, 0.15) is 18.8 Å². The fourth-order valence-electron chi connectivity index (χ4n) is 1.24. The van der Waals surface area contributed by atoms with Gasteiger partial charge in [-0.3, -0.25) is 0 Å². The summed E-state index contributed by atoms with van der Waals surface area (Å²) in [4.78, 5) is 0. The number of aromatic nitrogens is 4. The number of tetrazole rings is 1. The minimum Gasteiger partial charge on any atom is -0.321 e. The van der Waals surface area contributed by atoms with Crippen LogP contribution in [0.3, 0.4) is 0 Å². The third kappa shape index (κ3) is 2.58. The van der Waals surface area contributed by atoms with Crippen molar-refractivity contribution in [2.45, 2.75) is 13.0 Å². The first-order chi connectivity index (χ1) is 7.18. The van der Waals surface area contributed by atoms with Crippen LogP contribution in [0.2, 0.25) is 0 Å². The van der Waals surface area contributed by atoms with Crippen molar-refractivity contribution in [3.8, 4) is 5.69 Å². The summed E-state index contributed by atoms with van der Waals surface area (Å²) in [5, 5.41) is 11.4. The van der Waals surface area contributed by atoms with Gasteiger partial charge in [0.25, 0.3) is 0 Å². The average Bonchev–Trinajstić information content (AvgIpc) is 2.67. The zero-order valence-corrected chi connectivity index (χ0v) is 10.9. The number of hydrogen-bond donors (Lipinski definition) is 1. The van der Waals surface area contributed by atoms with Gasteiger partial charge in [-0.15, -0.1) is 17.5 Å². The van der Waals surface area contributed by atoms with Gasteiger partial charge in [0.05, 0.1) is 11.7 Å². The van der Waals surface area contributed by atoms with Crippen molar-refractivity contribution in [2.24, 2.45) is 5.73 Å². The zero-order chi connectivity index (χ0) is 10.8. The molecule has 0 spiro atoms. The molecule has 0 saturated carbocycles. The Kier molecular flexibility index (Phi) is 4.40. The lowest BCUT2D eigenvalue weighted by atomic mass is 10.3. The summed E-state index contributed by atoms with van der Waals surface area (Å²) in [6, 6.07) is 7.52. The first-order valence-corrected chi connectivity index (χ1v) is 5.27. The SMILES string of the molecule is CC(N)c1nnnn1-c1ccc(Br)cc1.Cl. The molecule has 86 valence electrons. The Morgan fingerprint density at radius 2 is 1.94 bits per heavy atom. The van der Waals surface area contributed by atoms with Crippen molar-refractivity contribution in [3.63, 3.8) is 0 Å². The van der Waals surface area contributed by atoms with E-state index in [1.165, 1.54) is 0 Å². The maximum atomic E-state index is 5.75. The van der Waals surface area contributed by atoms with Crippen molar-refractivity contribution < 1.29 is 0 Å². The Morgan fingerprint density at radius 1 is 1.31 bits per heavy atom. The number of benzene rings is 1. The van der Waals surface area contributed by atoms with Crippen LogP contribution >= 0.6 is 28.3 Å². The van der Waals surface area contributed by atoms with Gasteiger partial charge in [0, 0.05) is 4.47 Å². The number of halogens is 2. The molecule has 0 amide bonds. The Morgan fingerprint density at radius 3 is 2.50 bits per heavy atom. The smallest absolute Gasteiger partial charge is 0.173 e. The third-order valence-electron chi connectivity index (χ3n) is 1.97. The van der Waals surface area contributed by atoms with E-state index in [9.17, 15) is 0 Å². The van der Waals surface area contributed by atoms with E-state index in [2.05, 4.69) is 31.5 Å². The molecule has 0 radical (unpaired) electrons. The van der Waals surface area contributed by atoms with Gasteiger partial charge in [0.15, 0.2) is 5.82 Å². The number of rotatable bonds is 2. The van der Waals surface area contributed by atoms with Gasteiger partial charge in [0.2, 0.25) is 0 Å². The second kappa shape index (κ2) is 5.38. The predicted molar refractivity (Wildman–Crippen MR) is 66.7 cm³/mol. The maximum absolute atomic E-state index is 5.75. The molecule has 1 unspecified atom stereocenters. The molecule has 1 atom stereocenters. The van der Waals surface area contributed by atoms with E-state index in [-0.39, 0.29) is 18.4 Å². The molecule has 0 aliphatic carbocycles. The fraction of sp³-hybridized carbons (Fsp3) is 0.222. The largest absolute Gasteiger partial charge is 0.321 e. The lowest BCUT2D eigenvalue weighted by Crippen LogP contribution is -2.13. The van der Waals surface area contributed by atoms with Crippen molar-refractivity contribution >= 4 is 28.3 Å². The second-order valence-corrected chi connectivity index (χ2v) is 4.13. The van der Waals surface area contributed by atoms with E-state index in [0.29, 0.717) is 5.82 Å². The number of nitrogens with two attached hydrogens (primary N) is 1. The zero-order valence-electron chi connectivity index (χ0n) is 8.54. The summed E-state index contributed by atoms with van der Waals surface area (Å²) >= 11 is 3.37. The number of nitrogens with zero attached hydrogens (tertiary/aromatic N) is 4. The van der Waals surface area contributed by atoms with Crippen LogP contribution in [-0.4, -0.2) is 20.2 Å². The molecule has 16 heavy (non-hydrogen) atoms. The van der Waals surface area contributed by atoms with Gasteiger partial charge in [0.1, 0.15) is 0 Å². The molecule has 2 aromatic rings. The highest BCUT2D eigenvalue weighted by Crippen LogP contribution is 2.15. The molecular weight excluding hydrogens is 293 g/mol. The van der Waals surface area contributed by atoms with E-state index in [0.717, 1.165) is 10.2 Å². The first-order valence-electron chi connectivity index (χ1n) is 4.48. The summed E-state index contributed by atoms with van der Waals surface area (Å²) in [5.74, 6) is 0.650. The van der Waals surface area contributed by atoms with Crippen molar-refractivity contribution in [3.05, 3.63) is 34.6 Å². The summed E-state index contributed by atoms with van der Waals surface area (Å²) < 4.78 is 2.65. The van der Waals surface area contributed by atoms with Crippen molar-refractivity contribution in [1.82, 2.24) is 20.2 Å². The molecule has 2 N–H and O–H groups in total. The van der Waals surface area contributed by atoms with E-state index in [1.54, 1.807) is 4.68 Å². The van der Waals surface area contributed by atoms with Gasteiger partial charge in [-0.25, -0.2) is 0 Å². The van der Waals surface area contributed by atoms with Gasteiger partial charge < -0.3 is 5.73 Å². The van der Waals surface area contributed by atoms with E-state index >= 15 is 0 Å². The molecule has 1 aromatic heterocycles. The van der Waals surface area contributed by atoms with Crippen LogP contribution in [0.15, 0.2) is 28.7 Å². The summed E-state index contributed by atoms with van der Waals surface area (Å²) in [7, 11) is 0. The highest BCUT2D eigenvalue weighted by atomic mass is 79.9. The molecule has 0 fully saturated rings. The minimum atomic E-state index is -0.191. The molecule has 1 aromatic carbocycles. The summed E-state index contributed by atoms with van der Waals surface area (Å²) in [5.41, 5.74) is 6.65. The standard InChI is InChI=1S/C9H10BrN5.ClH/c1-6(11)9-12-13-14-15(9)8-4-2-7(10)3-5-8;/h2-6H,11H2,1H3;1H. The quantitative estimate of drug-likeness (QED) is 0.919. The van der Waals surface area contributed by atoms with E-state index < -0.39 is 0 Å². The fourth-order valence-corrected chi connectivity index (χ4v) is 1.51. The Hall–Kier alpha value is -0.980. The minimum absolute atomic E-state index is 0. The molecule has 7 heteroatoms. The maximum Gasteiger partial charge on any atom is 0.173 e. The molecule has 0 aliphatic heterocycles. The van der Waals surface area contributed by atoms with Crippen molar-refractivity contribution in [2.75, 3.05) is 0 Å². The van der Waals surface area contributed by atoms with Crippen LogP contribution in [-0.2, 0) is 0 Å². The number of hydrogen-bond acceptors (Lipinski definition) is 4. The molecular formula is C9H11BrClN5. The van der Waals surface area contributed by atoms with E-state index in [1.807, 2.05) is 31.2 Å². The highest BCUT2D eigenvalue weighted by Gasteiger charge is 2.11. The van der Waals surface area contributed by atoms with Gasteiger partial charge >= 0.3 is 0 Å². The van der Waals surface area contributed by atoms with Gasteiger partial charge in [-0.2, -0.15) is 4.68 Å². The van der Waals surface area contributed by atoms with Gasteiger partial charge in [-0.05, 0) is 41.6 Å². The lowest BCUT2D eigenvalue weighted by Gasteiger charge is -2.06. The monoisotopic (exact) mass is 303 g/mol. The molecule has 0 bridgehead atoms. The normalized spacial score (nSPS) is 11.9. The van der Waals surface area contributed by atoms with Crippen molar-refractivity contribution in [1.29, 1.82) is 0 Å². The molecule has 5 nitrogen and oxygen atoms in total. The van der Waals surface area contributed by atoms with Crippen LogP contribution < -0.4 is 5.73 Å². The molecule has 2 rings (SSSR count). The second-order valence-electron chi connectivity index (χ2n) is 3.21. The van der Waals surface area contributed by atoms with Crippen LogP contribution in [0.5, 0.6) is 0 Å². The first kappa shape index (κ1) is 13.1. The van der Waals surface area contributed by atoms with Crippen LogP contribution in [0, 0.1) is 0 Å².